The number of carbonyl (C=O) groups is 3. The number of aliphatic hydroxyl groups excluding tert-OH is 2. The van der Waals surface area contributed by atoms with Crippen molar-refractivity contribution in [2.24, 2.45) is 22.7 Å². The van der Waals surface area contributed by atoms with Gasteiger partial charge in [-0.3, -0.25) is 14.4 Å². The van der Waals surface area contributed by atoms with E-state index >= 15 is 0 Å². The van der Waals surface area contributed by atoms with Crippen LogP contribution in [0, 0.1) is 22.7 Å². The molecule has 0 bridgehead atoms. The maximum Gasteiger partial charge on any atom is 0.203 e. The molecule has 4 N–H and O–H groups in total. The Bertz CT molecular complexity index is 1580. The zero-order chi connectivity index (χ0) is 30.2. The quantitative estimate of drug-likeness (QED) is 0.341. The van der Waals surface area contributed by atoms with E-state index in [0.717, 1.165) is 36.5 Å². The Morgan fingerprint density at radius 1 is 1.02 bits per heavy atom. The Kier molecular flexibility index (Phi) is 6.61. The lowest BCUT2D eigenvalue weighted by Crippen LogP contribution is -2.69. The number of benzene rings is 2. The third kappa shape index (κ3) is 3.71. The smallest absolute Gasteiger partial charge is 0.203 e. The molecular weight excluding hydrogens is 520 g/mol. The Labute approximate surface area is 240 Å². The SMILES string of the molecule is CCCc1ccccc1-c1ccc(O)c2c1C[C@]1(C)C[C@]3(C)C(C(C)C)C(=O)C(C(C)=O)=C(O)[C@]3(O)C(=O)C1=C2O. The van der Waals surface area contributed by atoms with Gasteiger partial charge in [-0.1, -0.05) is 71.4 Å². The van der Waals surface area contributed by atoms with Crippen LogP contribution in [-0.4, -0.2) is 43.4 Å². The fourth-order valence-electron chi connectivity index (χ4n) is 8.24. The molecule has 0 amide bonds. The summed E-state index contributed by atoms with van der Waals surface area (Å²) < 4.78 is 0. The van der Waals surface area contributed by atoms with Crippen LogP contribution in [0.3, 0.4) is 0 Å². The normalized spacial score (nSPS) is 29.4. The van der Waals surface area contributed by atoms with Gasteiger partial charge in [0.05, 0.1) is 5.56 Å². The summed E-state index contributed by atoms with van der Waals surface area (Å²) in [5.74, 6) is -5.23. The van der Waals surface area contributed by atoms with Crippen LogP contribution in [0.2, 0.25) is 0 Å². The summed E-state index contributed by atoms with van der Waals surface area (Å²) >= 11 is 0. The molecule has 41 heavy (non-hydrogen) atoms. The van der Waals surface area contributed by atoms with Crippen molar-refractivity contribution in [3.63, 3.8) is 0 Å². The number of aromatic hydroxyl groups is 1. The van der Waals surface area contributed by atoms with Gasteiger partial charge in [-0.15, -0.1) is 0 Å². The highest BCUT2D eigenvalue weighted by molar-refractivity contribution is 6.24. The number of aliphatic hydroxyl groups is 3. The number of carbonyl (C=O) groups excluding carboxylic acids is 3. The minimum Gasteiger partial charge on any atom is -0.508 e. The molecule has 4 atom stereocenters. The van der Waals surface area contributed by atoms with Gasteiger partial charge in [0.1, 0.15) is 22.8 Å². The molecule has 0 saturated heterocycles. The summed E-state index contributed by atoms with van der Waals surface area (Å²) in [6.07, 6.45) is 2.07. The van der Waals surface area contributed by atoms with Gasteiger partial charge in [-0.2, -0.15) is 0 Å². The third-order valence-corrected chi connectivity index (χ3v) is 9.71. The monoisotopic (exact) mass is 558 g/mol. The van der Waals surface area contributed by atoms with Gasteiger partial charge in [0.15, 0.2) is 17.2 Å². The summed E-state index contributed by atoms with van der Waals surface area (Å²) in [7, 11) is 0. The number of phenols is 1. The number of rotatable bonds is 5. The molecule has 2 aromatic carbocycles. The fourth-order valence-corrected chi connectivity index (χ4v) is 8.24. The molecule has 1 saturated carbocycles. The summed E-state index contributed by atoms with van der Waals surface area (Å²) in [5.41, 5.74) is -2.14. The van der Waals surface area contributed by atoms with Crippen LogP contribution in [-0.2, 0) is 27.2 Å². The van der Waals surface area contributed by atoms with Crippen LogP contribution in [0.1, 0.15) is 71.1 Å². The van der Waals surface area contributed by atoms with E-state index in [1.165, 1.54) is 6.07 Å². The fraction of sp³-hybridized carbons (Fsp3) is 0.441. The van der Waals surface area contributed by atoms with Crippen LogP contribution in [0.25, 0.3) is 16.9 Å². The van der Waals surface area contributed by atoms with Crippen LogP contribution in [0.15, 0.2) is 53.3 Å². The van der Waals surface area contributed by atoms with Gasteiger partial charge in [0.25, 0.3) is 0 Å². The molecule has 7 heteroatoms. The highest BCUT2D eigenvalue weighted by Gasteiger charge is 2.72. The highest BCUT2D eigenvalue weighted by atomic mass is 16.3. The molecule has 0 spiro atoms. The zero-order valence-corrected chi connectivity index (χ0v) is 24.5. The second kappa shape index (κ2) is 9.41. The number of ketones is 3. The van der Waals surface area contributed by atoms with E-state index in [1.807, 2.05) is 31.2 Å². The van der Waals surface area contributed by atoms with Crippen LogP contribution >= 0.6 is 0 Å². The van der Waals surface area contributed by atoms with Crippen LogP contribution < -0.4 is 0 Å². The minimum absolute atomic E-state index is 0.0661. The van der Waals surface area contributed by atoms with Crippen molar-refractivity contribution in [1.82, 2.24) is 0 Å². The Morgan fingerprint density at radius 2 is 1.68 bits per heavy atom. The minimum atomic E-state index is -2.61. The van der Waals surface area contributed by atoms with Crippen molar-refractivity contribution in [2.45, 2.75) is 72.8 Å². The van der Waals surface area contributed by atoms with E-state index in [4.69, 9.17) is 0 Å². The highest BCUT2D eigenvalue weighted by Crippen LogP contribution is 2.65. The summed E-state index contributed by atoms with van der Waals surface area (Å²) in [4.78, 5) is 40.6. The van der Waals surface area contributed by atoms with Crippen molar-refractivity contribution >= 4 is 23.1 Å². The summed E-state index contributed by atoms with van der Waals surface area (Å²) in [5, 5.41) is 46.2. The first kappa shape index (κ1) is 28.8. The predicted octanol–water partition coefficient (Wildman–Crippen LogP) is 5.81. The number of phenolic OH excluding ortho intramolecular Hbond substituents is 1. The van der Waals surface area contributed by atoms with Gasteiger partial charge in [-0.25, -0.2) is 0 Å². The Morgan fingerprint density at radius 3 is 2.29 bits per heavy atom. The van der Waals surface area contributed by atoms with Crippen molar-refractivity contribution in [3.05, 3.63) is 70.0 Å². The molecule has 0 aromatic heterocycles. The van der Waals surface area contributed by atoms with E-state index in [9.17, 15) is 34.8 Å². The molecule has 0 radical (unpaired) electrons. The number of aryl methyl sites for hydroxylation is 1. The topological polar surface area (TPSA) is 132 Å². The van der Waals surface area contributed by atoms with Crippen molar-refractivity contribution < 1.29 is 34.8 Å². The molecule has 3 aliphatic carbocycles. The van der Waals surface area contributed by atoms with Gasteiger partial charge in [0.2, 0.25) is 5.78 Å². The molecule has 216 valence electrons. The molecule has 1 fully saturated rings. The molecule has 1 unspecified atom stereocenters. The average molecular weight is 559 g/mol. The number of fused-ring (bicyclic) bond motifs is 3. The van der Waals surface area contributed by atoms with E-state index in [0.29, 0.717) is 5.56 Å². The third-order valence-electron chi connectivity index (χ3n) is 9.71. The second-order valence-corrected chi connectivity index (χ2v) is 12.9. The zero-order valence-electron chi connectivity index (χ0n) is 24.5. The molecular formula is C34H38O7. The molecule has 0 aliphatic heterocycles. The van der Waals surface area contributed by atoms with E-state index < -0.39 is 56.8 Å². The molecule has 5 rings (SSSR count). The Balaban J connectivity index is 1.82. The largest absolute Gasteiger partial charge is 0.508 e. The lowest BCUT2D eigenvalue weighted by Gasteiger charge is -2.59. The summed E-state index contributed by atoms with van der Waals surface area (Å²) in [6, 6.07) is 11.3. The van der Waals surface area contributed by atoms with Gasteiger partial charge >= 0.3 is 0 Å². The number of Topliss-reactive ketones (excluding diaryl/α,β-unsaturated/α-hetero) is 3. The van der Waals surface area contributed by atoms with Crippen LogP contribution in [0.5, 0.6) is 5.75 Å². The van der Waals surface area contributed by atoms with E-state index in [-0.39, 0.29) is 35.6 Å². The number of hydrogen-bond acceptors (Lipinski definition) is 7. The second-order valence-electron chi connectivity index (χ2n) is 12.9. The van der Waals surface area contributed by atoms with Gasteiger partial charge in [-0.05, 0) is 60.4 Å². The molecule has 2 aromatic rings. The molecule has 0 heterocycles. The van der Waals surface area contributed by atoms with Gasteiger partial charge < -0.3 is 20.4 Å². The number of allylic oxidation sites excluding steroid dienone is 1. The molecule has 7 nitrogen and oxygen atoms in total. The van der Waals surface area contributed by atoms with E-state index in [2.05, 4.69) is 13.0 Å². The van der Waals surface area contributed by atoms with Crippen molar-refractivity contribution in [3.8, 4) is 16.9 Å². The Hall–Kier alpha value is -3.71. The standard InChI is InChI=1S/C34H38O7/c1-7-10-19-11-8-9-12-20(19)21-13-14-23(36)25-22(21)15-32(5)16-33(6)26(17(2)3)28(37)24(18(4)35)30(39)34(33,41)31(40)27(32)29(25)38/h8-9,11-14,17,26,36,38-39,41H,7,10,15-16H2,1-6H3/t26?,32-,33-,34+/m1/s1. The first-order chi connectivity index (χ1) is 19.2. The van der Waals surface area contributed by atoms with Gasteiger partial charge in [0, 0.05) is 22.3 Å². The predicted molar refractivity (Wildman–Crippen MR) is 155 cm³/mol. The lowest BCUT2D eigenvalue weighted by atomic mass is 9.43. The van der Waals surface area contributed by atoms with E-state index in [1.54, 1.807) is 20.8 Å². The average Bonchev–Trinajstić information content (AvgIpc) is 2.86. The maximum atomic E-state index is 14.4. The number of hydrogen-bond donors (Lipinski definition) is 4. The van der Waals surface area contributed by atoms with Crippen molar-refractivity contribution in [2.75, 3.05) is 0 Å². The maximum absolute atomic E-state index is 14.4. The first-order valence-electron chi connectivity index (χ1n) is 14.3. The van der Waals surface area contributed by atoms with Crippen molar-refractivity contribution in [1.29, 1.82) is 0 Å². The summed E-state index contributed by atoms with van der Waals surface area (Å²) in [6.45, 7) is 10.2. The molecule has 3 aliphatic rings. The first-order valence-corrected chi connectivity index (χ1v) is 14.3. The lowest BCUT2D eigenvalue weighted by molar-refractivity contribution is -0.178. The van der Waals surface area contributed by atoms with Crippen LogP contribution in [0.4, 0.5) is 0 Å².